The molecule has 5 nitrogen and oxygen atoms in total. The van der Waals surface area contributed by atoms with Crippen LogP contribution in [-0.2, 0) is 7.05 Å². The smallest absolute Gasteiger partial charge is 0.161 e. The van der Waals surface area contributed by atoms with Gasteiger partial charge in [0.15, 0.2) is 11.5 Å². The minimum Gasteiger partial charge on any atom is -0.493 e. The van der Waals surface area contributed by atoms with Crippen molar-refractivity contribution < 1.29 is 9.47 Å². The second kappa shape index (κ2) is 7.00. The van der Waals surface area contributed by atoms with Crippen molar-refractivity contribution >= 4 is 11.0 Å². The second-order valence-corrected chi connectivity index (χ2v) is 6.84. The van der Waals surface area contributed by atoms with Crippen molar-refractivity contribution in [2.24, 2.45) is 7.05 Å². The molecule has 2 aromatic carbocycles. The molecule has 0 aliphatic carbocycles. The third kappa shape index (κ3) is 2.92. The number of methoxy groups -OCH3 is 2. The topological polar surface area (TPSA) is 48.3 Å². The van der Waals surface area contributed by atoms with Gasteiger partial charge < -0.3 is 19.4 Å². The first-order valence-electron chi connectivity index (χ1n) is 9.10. The van der Waals surface area contributed by atoms with Gasteiger partial charge in [-0.05, 0) is 67.7 Å². The first-order valence-corrected chi connectivity index (χ1v) is 9.10. The maximum absolute atomic E-state index is 5.44. The van der Waals surface area contributed by atoms with Gasteiger partial charge in [0.2, 0.25) is 0 Å². The van der Waals surface area contributed by atoms with Gasteiger partial charge in [0.25, 0.3) is 0 Å². The minimum absolute atomic E-state index is 0.639. The van der Waals surface area contributed by atoms with Crippen LogP contribution in [0.5, 0.6) is 11.5 Å². The number of piperidine rings is 1. The van der Waals surface area contributed by atoms with Crippen molar-refractivity contribution in [2.75, 3.05) is 27.3 Å². The summed E-state index contributed by atoms with van der Waals surface area (Å²) in [6.07, 6.45) is 2.40. The van der Waals surface area contributed by atoms with E-state index in [1.54, 1.807) is 14.2 Å². The lowest BCUT2D eigenvalue weighted by atomic mass is 9.90. The van der Waals surface area contributed by atoms with Crippen molar-refractivity contribution in [3.63, 3.8) is 0 Å². The summed E-state index contributed by atoms with van der Waals surface area (Å²) >= 11 is 0. The molecule has 1 N–H and O–H groups in total. The Bertz CT molecular complexity index is 926. The van der Waals surface area contributed by atoms with Crippen LogP contribution in [-0.4, -0.2) is 36.9 Å². The third-order valence-corrected chi connectivity index (χ3v) is 5.36. The Hall–Kier alpha value is -2.53. The summed E-state index contributed by atoms with van der Waals surface area (Å²) in [5.74, 6) is 3.01. The van der Waals surface area contributed by atoms with E-state index < -0.39 is 0 Å². The summed E-state index contributed by atoms with van der Waals surface area (Å²) < 4.78 is 13.0. The van der Waals surface area contributed by atoms with E-state index >= 15 is 0 Å². The predicted octanol–water partition coefficient (Wildman–Crippen LogP) is 3.72. The summed E-state index contributed by atoms with van der Waals surface area (Å²) in [5, 5.41) is 3.44. The zero-order valence-corrected chi connectivity index (χ0v) is 15.6. The molecule has 3 aromatic rings. The summed E-state index contributed by atoms with van der Waals surface area (Å²) in [7, 11) is 5.38. The van der Waals surface area contributed by atoms with Crippen molar-refractivity contribution in [2.45, 2.75) is 18.8 Å². The molecule has 5 heteroatoms. The monoisotopic (exact) mass is 351 g/mol. The quantitative estimate of drug-likeness (QED) is 0.778. The lowest BCUT2D eigenvalue weighted by molar-refractivity contribution is 0.355. The van der Waals surface area contributed by atoms with Gasteiger partial charge in [-0.1, -0.05) is 6.07 Å². The molecule has 1 fully saturated rings. The van der Waals surface area contributed by atoms with Gasteiger partial charge in [0, 0.05) is 12.6 Å². The van der Waals surface area contributed by atoms with Gasteiger partial charge in [-0.2, -0.15) is 0 Å². The number of hydrogen-bond donors (Lipinski definition) is 1. The normalized spacial score (nSPS) is 15.3. The number of nitrogens with zero attached hydrogens (tertiary/aromatic N) is 2. The molecule has 1 aromatic heterocycles. The molecule has 4 rings (SSSR count). The average Bonchev–Trinajstić information content (AvgIpc) is 3.04. The average molecular weight is 351 g/mol. The Kier molecular flexibility index (Phi) is 4.55. The highest BCUT2D eigenvalue weighted by Crippen LogP contribution is 2.34. The number of benzene rings is 2. The molecule has 1 aliphatic heterocycles. The van der Waals surface area contributed by atoms with E-state index in [-0.39, 0.29) is 0 Å². The van der Waals surface area contributed by atoms with Crippen LogP contribution >= 0.6 is 0 Å². The van der Waals surface area contributed by atoms with Crippen LogP contribution in [0.2, 0.25) is 0 Å². The lowest BCUT2D eigenvalue weighted by Gasteiger charge is -2.23. The van der Waals surface area contributed by atoms with E-state index in [0.29, 0.717) is 11.7 Å². The molecule has 136 valence electrons. The van der Waals surface area contributed by atoms with Crippen LogP contribution < -0.4 is 14.8 Å². The van der Waals surface area contributed by atoms with Crippen molar-refractivity contribution in [1.82, 2.24) is 14.9 Å². The van der Waals surface area contributed by atoms with E-state index in [0.717, 1.165) is 35.7 Å². The Morgan fingerprint density at radius 3 is 2.50 bits per heavy atom. The van der Waals surface area contributed by atoms with Crippen molar-refractivity contribution in [3.05, 3.63) is 42.0 Å². The molecule has 0 saturated carbocycles. The summed E-state index contributed by atoms with van der Waals surface area (Å²) in [5.41, 5.74) is 4.63. The van der Waals surface area contributed by atoms with E-state index in [1.807, 2.05) is 18.2 Å². The number of hydrogen-bond acceptors (Lipinski definition) is 4. The molecular formula is C21H25N3O2. The molecule has 0 amide bonds. The number of nitrogens with one attached hydrogen (secondary N) is 1. The van der Waals surface area contributed by atoms with Gasteiger partial charge in [-0.3, -0.25) is 0 Å². The van der Waals surface area contributed by atoms with Crippen molar-refractivity contribution in [1.29, 1.82) is 0 Å². The van der Waals surface area contributed by atoms with Gasteiger partial charge in [0.05, 0.1) is 25.3 Å². The maximum atomic E-state index is 5.44. The third-order valence-electron chi connectivity index (χ3n) is 5.36. The van der Waals surface area contributed by atoms with Crippen LogP contribution in [0.25, 0.3) is 22.4 Å². The Morgan fingerprint density at radius 2 is 1.77 bits per heavy atom. The van der Waals surface area contributed by atoms with Crippen LogP contribution in [0.4, 0.5) is 0 Å². The number of ether oxygens (including phenoxy) is 2. The number of fused-ring (bicyclic) bond motifs is 1. The fourth-order valence-corrected chi connectivity index (χ4v) is 3.85. The molecule has 1 aliphatic rings. The molecule has 1 saturated heterocycles. The Labute approximate surface area is 153 Å². The predicted molar refractivity (Wildman–Crippen MR) is 104 cm³/mol. The molecule has 0 radical (unpaired) electrons. The highest BCUT2D eigenvalue weighted by atomic mass is 16.5. The maximum Gasteiger partial charge on any atom is 0.161 e. The molecule has 2 heterocycles. The summed E-state index contributed by atoms with van der Waals surface area (Å²) in [4.78, 5) is 4.85. The van der Waals surface area contributed by atoms with Gasteiger partial charge in [-0.15, -0.1) is 0 Å². The minimum atomic E-state index is 0.639. The van der Waals surface area contributed by atoms with E-state index in [4.69, 9.17) is 14.5 Å². The molecule has 0 bridgehead atoms. The first kappa shape index (κ1) is 16.9. The zero-order chi connectivity index (χ0) is 18.1. The van der Waals surface area contributed by atoms with Crippen molar-refractivity contribution in [3.8, 4) is 22.9 Å². The van der Waals surface area contributed by atoms with Crippen LogP contribution in [0.15, 0.2) is 36.4 Å². The van der Waals surface area contributed by atoms with Crippen LogP contribution in [0.1, 0.15) is 24.3 Å². The van der Waals surface area contributed by atoms with Crippen LogP contribution in [0, 0.1) is 0 Å². The summed E-state index contributed by atoms with van der Waals surface area (Å²) in [6.45, 7) is 2.20. The molecule has 0 atom stereocenters. The Balaban J connectivity index is 1.76. The summed E-state index contributed by atoms with van der Waals surface area (Å²) in [6, 6.07) is 12.6. The number of aromatic nitrogens is 2. The zero-order valence-electron chi connectivity index (χ0n) is 15.6. The fourth-order valence-electron chi connectivity index (χ4n) is 3.85. The second-order valence-electron chi connectivity index (χ2n) is 6.84. The van der Waals surface area contributed by atoms with E-state index in [9.17, 15) is 0 Å². The number of imidazole rings is 1. The highest BCUT2D eigenvalue weighted by Gasteiger charge is 2.18. The Morgan fingerprint density at radius 1 is 1.00 bits per heavy atom. The molecule has 0 spiro atoms. The molecule has 0 unspecified atom stereocenters. The SMILES string of the molecule is COc1ccc(-c2nc3ccc(C4CCNCC4)cc3n2C)cc1OC. The lowest BCUT2D eigenvalue weighted by Crippen LogP contribution is -2.26. The molecule has 26 heavy (non-hydrogen) atoms. The number of rotatable bonds is 4. The van der Waals surface area contributed by atoms with Crippen LogP contribution in [0.3, 0.4) is 0 Å². The first-order chi connectivity index (χ1) is 12.7. The standard InChI is InChI=1S/C21H25N3O2/c1-24-18-12-15(14-8-10-22-11-9-14)4-6-17(18)23-21(24)16-5-7-19(25-2)20(13-16)26-3/h4-7,12-14,22H,8-11H2,1-3H3. The van der Waals surface area contributed by atoms with Gasteiger partial charge in [0.1, 0.15) is 5.82 Å². The fraction of sp³-hybridized carbons (Fsp3) is 0.381. The molecular weight excluding hydrogens is 326 g/mol. The highest BCUT2D eigenvalue weighted by molar-refractivity contribution is 5.81. The van der Waals surface area contributed by atoms with Gasteiger partial charge >= 0.3 is 0 Å². The number of aryl methyl sites for hydroxylation is 1. The van der Waals surface area contributed by atoms with Gasteiger partial charge in [-0.25, -0.2) is 4.98 Å². The van der Waals surface area contributed by atoms with E-state index in [1.165, 1.54) is 23.9 Å². The largest absolute Gasteiger partial charge is 0.493 e. The van der Waals surface area contributed by atoms with E-state index in [2.05, 4.69) is 35.1 Å².